The van der Waals surface area contributed by atoms with E-state index in [0.29, 0.717) is 13.0 Å². The lowest BCUT2D eigenvalue weighted by atomic mass is 9.96. The Hall–Kier alpha value is -3.93. The molecule has 11 nitrogen and oxygen atoms in total. The van der Waals surface area contributed by atoms with E-state index in [2.05, 4.69) is 21.3 Å². The van der Waals surface area contributed by atoms with E-state index < -0.39 is 51.8 Å². The maximum Gasteiger partial charge on any atom is 0.405 e. The quantitative estimate of drug-likeness (QED) is 0.239. The Morgan fingerprint density at radius 2 is 1.71 bits per heavy atom. The normalized spacial score (nSPS) is 17.7. The van der Waals surface area contributed by atoms with Crippen LogP contribution >= 0.6 is 0 Å². The Kier molecular flexibility index (Phi) is 10.9. The number of carbonyl (C=O) groups is 4. The molecule has 0 saturated carbocycles. The third kappa shape index (κ3) is 9.89. The molecule has 2 aromatic carbocycles. The number of amides is 4. The van der Waals surface area contributed by atoms with E-state index in [1.165, 1.54) is 6.08 Å². The molecule has 12 heteroatoms. The Morgan fingerprint density at radius 3 is 2.34 bits per heavy atom. The minimum absolute atomic E-state index is 0.0133. The Bertz CT molecular complexity index is 1400. The lowest BCUT2D eigenvalue weighted by Crippen LogP contribution is -2.55. The molecule has 1 saturated heterocycles. The summed E-state index contributed by atoms with van der Waals surface area (Å²) in [6.07, 6.45) is 2.04. The van der Waals surface area contributed by atoms with Crippen molar-refractivity contribution in [2.45, 2.75) is 57.7 Å². The van der Waals surface area contributed by atoms with Crippen molar-refractivity contribution in [2.24, 2.45) is 11.8 Å². The van der Waals surface area contributed by atoms with Gasteiger partial charge >= 0.3 is 6.09 Å². The fraction of sp³-hybridized carbons (Fsp3) is 0.448. The van der Waals surface area contributed by atoms with Crippen LogP contribution in [0, 0.1) is 11.8 Å². The number of hydrogen-bond donors (Lipinski definition) is 5. The van der Waals surface area contributed by atoms with Crippen molar-refractivity contribution < 1.29 is 32.7 Å². The van der Waals surface area contributed by atoms with Gasteiger partial charge in [0.1, 0.15) is 12.1 Å². The van der Waals surface area contributed by atoms with E-state index >= 15 is 0 Å². The molecule has 5 N–H and O–H groups in total. The van der Waals surface area contributed by atoms with Gasteiger partial charge in [0.25, 0.3) is 0 Å². The lowest BCUT2D eigenvalue weighted by molar-refractivity contribution is -0.130. The molecular formula is C29H38N4O7S. The Balaban J connectivity index is 1.81. The number of carbonyl (C=O) groups excluding carboxylic acids is 3. The molecule has 222 valence electrons. The topological polar surface area (TPSA) is 171 Å². The molecule has 0 aliphatic carbocycles. The zero-order chi connectivity index (χ0) is 30.2. The molecule has 3 unspecified atom stereocenters. The van der Waals surface area contributed by atoms with Crippen LogP contribution in [0.15, 0.2) is 53.9 Å². The minimum Gasteiger partial charge on any atom is -0.465 e. The van der Waals surface area contributed by atoms with Gasteiger partial charge in [-0.25, -0.2) is 13.2 Å². The number of benzene rings is 2. The third-order valence-corrected chi connectivity index (χ3v) is 7.50. The molecule has 1 aliphatic heterocycles. The van der Waals surface area contributed by atoms with E-state index in [4.69, 9.17) is 0 Å². The van der Waals surface area contributed by atoms with Gasteiger partial charge in [0.05, 0.1) is 0 Å². The van der Waals surface area contributed by atoms with E-state index in [-0.39, 0.29) is 31.1 Å². The molecule has 3 rings (SSSR count). The maximum absolute atomic E-state index is 13.4. The average molecular weight is 587 g/mol. The zero-order valence-corrected chi connectivity index (χ0v) is 24.2. The number of carboxylic acid groups (broad SMARTS) is 1. The van der Waals surface area contributed by atoms with Gasteiger partial charge in [-0.1, -0.05) is 62.4 Å². The SMILES string of the molecule is CC(C)CC(NC(=O)C(Cc1cccc2ccccc12)NC(=O)O)C(=O)NC(/C=C/S(C)(=O)=O)C[C@@H]1CCNC1=O. The molecule has 2 aromatic rings. The summed E-state index contributed by atoms with van der Waals surface area (Å²) in [5, 5.41) is 22.7. The number of sulfone groups is 1. The smallest absolute Gasteiger partial charge is 0.405 e. The van der Waals surface area contributed by atoms with Crippen LogP contribution in [0.1, 0.15) is 38.7 Å². The third-order valence-electron chi connectivity index (χ3n) is 6.85. The van der Waals surface area contributed by atoms with Crippen LogP contribution in [0.3, 0.4) is 0 Å². The molecule has 4 amide bonds. The van der Waals surface area contributed by atoms with Crippen molar-refractivity contribution in [3.8, 4) is 0 Å². The predicted molar refractivity (Wildman–Crippen MR) is 156 cm³/mol. The van der Waals surface area contributed by atoms with Gasteiger partial charge in [-0.3, -0.25) is 14.4 Å². The highest BCUT2D eigenvalue weighted by Crippen LogP contribution is 2.21. The average Bonchev–Trinajstić information content (AvgIpc) is 3.29. The lowest BCUT2D eigenvalue weighted by Gasteiger charge is -2.26. The summed E-state index contributed by atoms with van der Waals surface area (Å²) in [5.74, 6) is -1.81. The summed E-state index contributed by atoms with van der Waals surface area (Å²) < 4.78 is 23.5. The number of rotatable bonds is 13. The number of nitrogens with one attached hydrogen (secondary N) is 4. The predicted octanol–water partition coefficient (Wildman–Crippen LogP) is 2.12. The van der Waals surface area contributed by atoms with Crippen molar-refractivity contribution in [2.75, 3.05) is 12.8 Å². The first-order valence-electron chi connectivity index (χ1n) is 13.5. The van der Waals surface area contributed by atoms with Gasteiger partial charge in [0, 0.05) is 36.6 Å². The largest absolute Gasteiger partial charge is 0.465 e. The van der Waals surface area contributed by atoms with Crippen molar-refractivity contribution >= 4 is 44.4 Å². The minimum atomic E-state index is -3.49. The first-order chi connectivity index (χ1) is 19.3. The highest BCUT2D eigenvalue weighted by Gasteiger charge is 2.31. The van der Waals surface area contributed by atoms with Gasteiger partial charge < -0.3 is 26.4 Å². The fourth-order valence-electron chi connectivity index (χ4n) is 4.91. The molecule has 0 spiro atoms. The summed E-state index contributed by atoms with van der Waals surface area (Å²) >= 11 is 0. The van der Waals surface area contributed by atoms with Crippen LogP contribution in [0.4, 0.5) is 4.79 Å². The Labute approximate surface area is 240 Å². The molecular weight excluding hydrogens is 548 g/mol. The van der Waals surface area contributed by atoms with Crippen molar-refractivity contribution in [1.82, 2.24) is 21.3 Å². The molecule has 4 atom stereocenters. The first-order valence-corrected chi connectivity index (χ1v) is 15.5. The Morgan fingerprint density at radius 1 is 1.02 bits per heavy atom. The standard InChI is InChI=1S/C29H38N4O7S/c1-18(2)15-24(27(35)31-22(12-14-41(3,39)40)16-21-11-13-30-26(21)34)32-28(36)25(33-29(37)38)17-20-9-6-8-19-7-4-5-10-23(19)20/h4-10,12,14,18,21-22,24-25,33H,11,13,15-17H2,1-3H3,(H,30,34)(H,31,35)(H,32,36)(H,37,38)/b14-12+/t21-,22?,24?,25?/m0/s1. The second-order valence-electron chi connectivity index (χ2n) is 10.8. The van der Waals surface area contributed by atoms with Crippen LogP contribution < -0.4 is 21.3 Å². The van der Waals surface area contributed by atoms with E-state index in [0.717, 1.165) is 28.0 Å². The van der Waals surface area contributed by atoms with E-state index in [9.17, 15) is 32.7 Å². The van der Waals surface area contributed by atoms with Crippen LogP contribution in [0.25, 0.3) is 10.8 Å². The zero-order valence-electron chi connectivity index (χ0n) is 23.4. The highest BCUT2D eigenvalue weighted by molar-refractivity contribution is 7.93. The summed E-state index contributed by atoms with van der Waals surface area (Å²) in [7, 11) is -3.49. The van der Waals surface area contributed by atoms with Crippen LogP contribution in [0.5, 0.6) is 0 Å². The van der Waals surface area contributed by atoms with E-state index in [1.54, 1.807) is 0 Å². The van der Waals surface area contributed by atoms with Crippen LogP contribution in [0.2, 0.25) is 0 Å². The molecule has 0 bridgehead atoms. The first kappa shape index (κ1) is 31.6. The van der Waals surface area contributed by atoms with Crippen molar-refractivity contribution in [1.29, 1.82) is 0 Å². The molecule has 0 radical (unpaired) electrons. The maximum atomic E-state index is 13.4. The second-order valence-corrected chi connectivity index (χ2v) is 12.8. The molecule has 1 heterocycles. The number of hydrogen-bond acceptors (Lipinski definition) is 6. The van der Waals surface area contributed by atoms with Gasteiger partial charge in [0.2, 0.25) is 17.7 Å². The van der Waals surface area contributed by atoms with Gasteiger partial charge in [-0.05, 0) is 41.5 Å². The van der Waals surface area contributed by atoms with Crippen molar-refractivity contribution in [3.05, 3.63) is 59.5 Å². The summed E-state index contributed by atoms with van der Waals surface area (Å²) in [5.41, 5.74) is 0.766. The van der Waals surface area contributed by atoms with E-state index in [1.807, 2.05) is 56.3 Å². The number of fused-ring (bicyclic) bond motifs is 1. The van der Waals surface area contributed by atoms with Crippen molar-refractivity contribution in [3.63, 3.8) is 0 Å². The second kappa shape index (κ2) is 14.1. The molecule has 1 aliphatic rings. The molecule has 41 heavy (non-hydrogen) atoms. The van der Waals surface area contributed by atoms with Gasteiger partial charge in [-0.15, -0.1) is 0 Å². The summed E-state index contributed by atoms with van der Waals surface area (Å²) in [6, 6.07) is 10.2. The monoisotopic (exact) mass is 586 g/mol. The molecule has 0 aromatic heterocycles. The van der Waals surface area contributed by atoms with Gasteiger partial charge in [-0.2, -0.15) is 0 Å². The molecule has 1 fully saturated rings. The van der Waals surface area contributed by atoms with Crippen LogP contribution in [-0.2, 0) is 30.6 Å². The highest BCUT2D eigenvalue weighted by atomic mass is 32.2. The van der Waals surface area contributed by atoms with Gasteiger partial charge in [0.15, 0.2) is 9.84 Å². The summed E-state index contributed by atoms with van der Waals surface area (Å²) in [4.78, 5) is 50.6. The fourth-order valence-corrected chi connectivity index (χ4v) is 5.38. The van der Waals surface area contributed by atoms with Crippen LogP contribution in [-0.4, -0.2) is 68.3 Å². The summed E-state index contributed by atoms with van der Waals surface area (Å²) in [6.45, 7) is 4.25.